The maximum Gasteiger partial charge on any atom is 0.266 e. The second-order valence-corrected chi connectivity index (χ2v) is 7.28. The second kappa shape index (κ2) is 7.60. The van der Waals surface area contributed by atoms with Crippen molar-refractivity contribution in [1.29, 1.82) is 0 Å². The maximum absolute atomic E-state index is 14.6. The van der Waals surface area contributed by atoms with E-state index in [1.54, 1.807) is 17.0 Å². The first-order valence-corrected chi connectivity index (χ1v) is 9.67. The van der Waals surface area contributed by atoms with Crippen LogP contribution < -0.4 is 4.90 Å². The summed E-state index contributed by atoms with van der Waals surface area (Å²) >= 11 is 1.37. The van der Waals surface area contributed by atoms with Gasteiger partial charge in [0.1, 0.15) is 5.82 Å². The first kappa shape index (κ1) is 18.0. The van der Waals surface area contributed by atoms with Crippen LogP contribution in [0.15, 0.2) is 22.0 Å². The van der Waals surface area contributed by atoms with Crippen LogP contribution >= 0.6 is 11.8 Å². The number of aryl methyl sites for hydroxylation is 1. The fourth-order valence-corrected chi connectivity index (χ4v) is 4.31. The molecule has 2 saturated heterocycles. The van der Waals surface area contributed by atoms with E-state index in [1.807, 2.05) is 26.8 Å². The van der Waals surface area contributed by atoms with Crippen molar-refractivity contribution in [3.05, 3.63) is 34.0 Å². The molecular formula is C19H24FN3OS. The van der Waals surface area contributed by atoms with Gasteiger partial charge in [-0.15, -0.1) is 0 Å². The average Bonchev–Trinajstić information content (AvgIpc) is 3.20. The van der Waals surface area contributed by atoms with Crippen LogP contribution in [0.3, 0.4) is 0 Å². The summed E-state index contributed by atoms with van der Waals surface area (Å²) in [6.07, 6.45) is 4.02. The number of amides is 1. The number of carbonyl (C=O) groups is 1. The first-order chi connectivity index (χ1) is 12.0. The number of aliphatic imine (C=N–C) groups is 1. The van der Waals surface area contributed by atoms with Crippen molar-refractivity contribution in [3.8, 4) is 0 Å². The van der Waals surface area contributed by atoms with Gasteiger partial charge in [0.25, 0.3) is 5.91 Å². The average molecular weight is 361 g/mol. The van der Waals surface area contributed by atoms with Crippen molar-refractivity contribution < 1.29 is 9.18 Å². The predicted molar refractivity (Wildman–Crippen MR) is 104 cm³/mol. The van der Waals surface area contributed by atoms with Crippen LogP contribution in [0.4, 0.5) is 10.1 Å². The zero-order chi connectivity index (χ0) is 18.0. The molecule has 0 unspecified atom stereocenters. The molecular weight excluding hydrogens is 337 g/mol. The van der Waals surface area contributed by atoms with Crippen molar-refractivity contribution >= 4 is 34.6 Å². The van der Waals surface area contributed by atoms with Gasteiger partial charge in [0.05, 0.1) is 10.6 Å². The van der Waals surface area contributed by atoms with Crippen LogP contribution in [0.2, 0.25) is 0 Å². The minimum Gasteiger partial charge on any atom is -0.369 e. The molecule has 0 aliphatic carbocycles. The second-order valence-electron chi connectivity index (χ2n) is 6.27. The Morgan fingerprint density at radius 2 is 2.00 bits per heavy atom. The van der Waals surface area contributed by atoms with Crippen molar-refractivity contribution in [2.75, 3.05) is 31.1 Å². The lowest BCUT2D eigenvalue weighted by atomic mass is 10.1. The van der Waals surface area contributed by atoms with Crippen molar-refractivity contribution in [1.82, 2.24) is 4.90 Å². The third kappa shape index (κ3) is 3.59. The quantitative estimate of drug-likeness (QED) is 0.759. The molecule has 0 atom stereocenters. The molecule has 0 bridgehead atoms. The molecule has 1 aromatic carbocycles. The van der Waals surface area contributed by atoms with Crippen molar-refractivity contribution in [3.63, 3.8) is 0 Å². The minimum absolute atomic E-state index is 0.0527. The van der Waals surface area contributed by atoms with Gasteiger partial charge in [-0.3, -0.25) is 14.7 Å². The third-order valence-electron chi connectivity index (χ3n) is 4.57. The summed E-state index contributed by atoms with van der Waals surface area (Å²) < 4.78 is 14.6. The number of amidine groups is 1. The number of hydrogen-bond acceptors (Lipinski definition) is 4. The molecule has 2 aliphatic heterocycles. The Balaban J connectivity index is 1.92. The Hall–Kier alpha value is -1.82. The summed E-state index contributed by atoms with van der Waals surface area (Å²) in [5.41, 5.74) is 2.41. The molecule has 4 nitrogen and oxygen atoms in total. The summed E-state index contributed by atoms with van der Waals surface area (Å²) in [5.74, 6) is -0.271. The van der Waals surface area contributed by atoms with E-state index in [1.165, 1.54) is 11.8 Å². The molecule has 3 rings (SSSR count). The van der Waals surface area contributed by atoms with Gasteiger partial charge in [-0.1, -0.05) is 0 Å². The van der Waals surface area contributed by atoms with Gasteiger partial charge < -0.3 is 4.90 Å². The van der Waals surface area contributed by atoms with Crippen LogP contribution in [0.25, 0.3) is 6.08 Å². The minimum atomic E-state index is -0.218. The highest BCUT2D eigenvalue weighted by molar-refractivity contribution is 8.18. The van der Waals surface area contributed by atoms with Crippen LogP contribution in [-0.4, -0.2) is 42.2 Å². The van der Waals surface area contributed by atoms with Crippen LogP contribution in [0, 0.1) is 12.7 Å². The zero-order valence-corrected chi connectivity index (χ0v) is 15.8. The fourth-order valence-electron chi connectivity index (χ4n) is 3.22. The summed E-state index contributed by atoms with van der Waals surface area (Å²) in [5, 5.41) is 0.730. The topological polar surface area (TPSA) is 35.9 Å². The standard InChI is InChI=1S/C19H24FN3OS/c1-4-21-19-23(5-2)18(24)17(25-19)12-14-11-15(20)16(10-13(14)3)22-8-6-7-9-22/h10-12H,4-9H2,1-3H3. The van der Waals surface area contributed by atoms with Gasteiger partial charge in [-0.05, 0) is 74.7 Å². The Bertz CT molecular complexity index is 738. The largest absolute Gasteiger partial charge is 0.369 e. The van der Waals surface area contributed by atoms with E-state index >= 15 is 0 Å². The summed E-state index contributed by atoms with van der Waals surface area (Å²) in [6, 6.07) is 3.45. The van der Waals surface area contributed by atoms with Gasteiger partial charge in [0, 0.05) is 26.2 Å². The van der Waals surface area contributed by atoms with Gasteiger partial charge in [0.2, 0.25) is 0 Å². The number of nitrogens with zero attached hydrogens (tertiary/aromatic N) is 3. The third-order valence-corrected chi connectivity index (χ3v) is 5.61. The Labute approximate surface area is 152 Å². The first-order valence-electron chi connectivity index (χ1n) is 8.86. The van der Waals surface area contributed by atoms with Gasteiger partial charge >= 0.3 is 0 Å². The molecule has 6 heteroatoms. The molecule has 134 valence electrons. The number of thioether (sulfide) groups is 1. The molecule has 25 heavy (non-hydrogen) atoms. The molecule has 2 heterocycles. The van der Waals surface area contributed by atoms with Crippen LogP contribution in [0.5, 0.6) is 0 Å². The van der Waals surface area contributed by atoms with E-state index in [0.717, 1.165) is 42.2 Å². The Morgan fingerprint density at radius 1 is 1.28 bits per heavy atom. The van der Waals surface area contributed by atoms with E-state index < -0.39 is 0 Å². The highest BCUT2D eigenvalue weighted by Crippen LogP contribution is 2.34. The fraction of sp³-hybridized carbons (Fsp3) is 0.474. The van der Waals surface area contributed by atoms with E-state index in [9.17, 15) is 9.18 Å². The lowest BCUT2D eigenvalue weighted by Crippen LogP contribution is -2.28. The molecule has 0 N–H and O–H groups in total. The summed E-state index contributed by atoms with van der Waals surface area (Å²) in [6.45, 7) is 8.89. The number of rotatable bonds is 4. The molecule has 0 saturated carbocycles. The summed E-state index contributed by atoms with van der Waals surface area (Å²) in [4.78, 5) is 21.3. The van der Waals surface area contributed by atoms with E-state index in [-0.39, 0.29) is 11.7 Å². The summed E-state index contributed by atoms with van der Waals surface area (Å²) in [7, 11) is 0. The van der Waals surface area contributed by atoms with E-state index in [4.69, 9.17) is 0 Å². The van der Waals surface area contributed by atoms with E-state index in [0.29, 0.717) is 23.7 Å². The van der Waals surface area contributed by atoms with Crippen molar-refractivity contribution in [2.45, 2.75) is 33.6 Å². The molecule has 0 radical (unpaired) electrons. The Kier molecular flexibility index (Phi) is 5.47. The molecule has 1 aromatic rings. The molecule has 0 aromatic heterocycles. The molecule has 0 spiro atoms. The highest BCUT2D eigenvalue weighted by atomic mass is 32.2. The number of anilines is 1. The monoisotopic (exact) mass is 361 g/mol. The van der Waals surface area contributed by atoms with Crippen LogP contribution in [0.1, 0.15) is 37.8 Å². The highest BCUT2D eigenvalue weighted by Gasteiger charge is 2.32. The van der Waals surface area contributed by atoms with Gasteiger partial charge in [-0.25, -0.2) is 4.39 Å². The maximum atomic E-state index is 14.6. The lowest BCUT2D eigenvalue weighted by molar-refractivity contribution is -0.122. The lowest BCUT2D eigenvalue weighted by Gasteiger charge is -2.19. The molecule has 2 aliphatic rings. The smallest absolute Gasteiger partial charge is 0.266 e. The van der Waals surface area contributed by atoms with Crippen LogP contribution in [-0.2, 0) is 4.79 Å². The molecule has 1 amide bonds. The van der Waals surface area contributed by atoms with E-state index in [2.05, 4.69) is 9.89 Å². The number of benzene rings is 1. The Morgan fingerprint density at radius 3 is 2.64 bits per heavy atom. The number of halogens is 1. The van der Waals surface area contributed by atoms with Crippen molar-refractivity contribution in [2.24, 2.45) is 4.99 Å². The normalized spacial score (nSPS) is 21.2. The predicted octanol–water partition coefficient (Wildman–Crippen LogP) is 4.05. The SMILES string of the molecule is CCN=C1SC(=Cc2cc(F)c(N3CCCC3)cc2C)C(=O)N1CC. The number of likely N-dealkylation sites (N-methyl/N-ethyl adjacent to an activating group) is 1. The number of carbonyl (C=O) groups excluding carboxylic acids is 1. The number of hydrogen-bond donors (Lipinski definition) is 0. The van der Waals surface area contributed by atoms with Gasteiger partial charge in [0.15, 0.2) is 5.17 Å². The molecule has 2 fully saturated rings. The van der Waals surface area contributed by atoms with Gasteiger partial charge in [-0.2, -0.15) is 0 Å². The zero-order valence-electron chi connectivity index (χ0n) is 15.0.